The van der Waals surface area contributed by atoms with Crippen molar-refractivity contribution in [3.8, 4) is 0 Å². The Labute approximate surface area is 169 Å². The Hall–Kier alpha value is -0.0100. The second kappa shape index (κ2) is 14.3. The monoisotopic (exact) mass is 440 g/mol. The van der Waals surface area contributed by atoms with Gasteiger partial charge >= 0.3 is 41.9 Å². The summed E-state index contributed by atoms with van der Waals surface area (Å²) in [4.78, 5) is 0. The van der Waals surface area contributed by atoms with E-state index in [1.165, 1.54) is 16.7 Å². The number of hydrogen-bond donors (Lipinski definition) is 0. The maximum absolute atomic E-state index is 2.99. The van der Waals surface area contributed by atoms with E-state index in [-0.39, 0.29) is 30.2 Å². The Bertz CT molecular complexity index is 566. The molecule has 0 saturated heterocycles. The van der Waals surface area contributed by atoms with Gasteiger partial charge in [-0.1, -0.05) is 26.0 Å². The summed E-state index contributed by atoms with van der Waals surface area (Å²) in [5.41, 5.74) is 4.41. The molecular formula is C19H24Cl2SiZr-2. The van der Waals surface area contributed by atoms with Gasteiger partial charge in [-0.3, -0.25) is 6.08 Å². The maximum atomic E-state index is 2.99. The van der Waals surface area contributed by atoms with Crippen LogP contribution in [0.2, 0.25) is 13.1 Å². The molecule has 0 bridgehead atoms. The summed E-state index contributed by atoms with van der Waals surface area (Å²) >= 11 is 1.74. The summed E-state index contributed by atoms with van der Waals surface area (Å²) in [5, 5.41) is 0. The van der Waals surface area contributed by atoms with Crippen LogP contribution < -0.4 is 24.8 Å². The van der Waals surface area contributed by atoms with Crippen LogP contribution in [0.1, 0.15) is 36.0 Å². The van der Waals surface area contributed by atoms with E-state index in [0.717, 1.165) is 6.42 Å². The Morgan fingerprint density at radius 3 is 2.35 bits per heavy atom. The number of aryl methyl sites for hydroxylation is 1. The number of fused-ring (bicyclic) bond motifs is 1. The molecule has 0 nitrogen and oxygen atoms in total. The fourth-order valence-corrected chi connectivity index (χ4v) is 2.07. The molecule has 23 heavy (non-hydrogen) atoms. The van der Waals surface area contributed by atoms with Gasteiger partial charge in [-0.15, -0.1) is 30.2 Å². The normalized spacial score (nSPS) is 15.8. The Morgan fingerprint density at radius 1 is 1.22 bits per heavy atom. The van der Waals surface area contributed by atoms with Crippen LogP contribution in [0, 0.1) is 13.0 Å². The third-order valence-corrected chi connectivity index (χ3v) is 2.96. The molecule has 0 fully saturated rings. The topological polar surface area (TPSA) is 0 Å². The molecule has 0 heterocycles. The van der Waals surface area contributed by atoms with E-state index in [9.17, 15) is 0 Å². The maximum Gasteiger partial charge on any atom is -0.0427 e. The predicted molar refractivity (Wildman–Crippen MR) is 92.4 cm³/mol. The summed E-state index contributed by atoms with van der Waals surface area (Å²) < 4.78 is 0. The second-order valence-electron chi connectivity index (χ2n) is 5.48. The van der Waals surface area contributed by atoms with Gasteiger partial charge in [0.05, 0.1) is 0 Å². The fourth-order valence-electron chi connectivity index (χ4n) is 2.07. The summed E-state index contributed by atoms with van der Waals surface area (Å²) in [7, 11) is 0. The predicted octanol–water partition coefficient (Wildman–Crippen LogP) is -0.502. The van der Waals surface area contributed by atoms with E-state index >= 15 is 0 Å². The Kier molecular flexibility index (Phi) is 15.7. The average Bonchev–Trinajstić information content (AvgIpc) is 3.04. The molecule has 3 rings (SSSR count). The molecule has 1 unspecified atom stereocenters. The first-order valence-electron chi connectivity index (χ1n) is 7.36. The molecule has 1 aromatic rings. The van der Waals surface area contributed by atoms with Gasteiger partial charge in [-0.05, 0) is 5.92 Å². The van der Waals surface area contributed by atoms with E-state index in [1.54, 1.807) is 23.3 Å². The van der Waals surface area contributed by atoms with Gasteiger partial charge < -0.3 is 24.8 Å². The van der Waals surface area contributed by atoms with Crippen molar-refractivity contribution in [1.29, 1.82) is 0 Å². The zero-order valence-electron chi connectivity index (χ0n) is 14.2. The summed E-state index contributed by atoms with van der Waals surface area (Å²) in [5.74, 6) is 0.559. The van der Waals surface area contributed by atoms with E-state index in [2.05, 4.69) is 75.5 Å². The molecule has 0 N–H and O–H groups in total. The first kappa shape index (κ1) is 25.2. The minimum atomic E-state index is 0. The molecule has 4 heteroatoms. The van der Waals surface area contributed by atoms with Crippen LogP contribution >= 0.6 is 0 Å². The van der Waals surface area contributed by atoms with Gasteiger partial charge in [0, 0.05) is 0 Å². The van der Waals surface area contributed by atoms with Crippen LogP contribution in [0.25, 0.3) is 6.08 Å². The largest absolute Gasteiger partial charge is 1.00 e. The molecule has 0 amide bonds. The van der Waals surface area contributed by atoms with Gasteiger partial charge in [0.1, 0.15) is 0 Å². The van der Waals surface area contributed by atoms with Crippen molar-refractivity contribution in [2.45, 2.75) is 39.3 Å². The van der Waals surface area contributed by atoms with Crippen LogP contribution in [0.4, 0.5) is 0 Å². The molecular weight excluding hydrogens is 418 g/mol. The number of allylic oxidation sites excluding steroid dienone is 7. The zero-order chi connectivity index (χ0) is 15.7. The minimum absolute atomic E-state index is 0. The fraction of sp³-hybridized carbons (Fsp3) is 0.316. The Morgan fingerprint density at radius 2 is 1.87 bits per heavy atom. The molecule has 0 spiro atoms. The van der Waals surface area contributed by atoms with E-state index in [1.807, 2.05) is 12.2 Å². The minimum Gasteiger partial charge on any atom is -1.00 e. The Balaban J connectivity index is 0. The average molecular weight is 443 g/mol. The third kappa shape index (κ3) is 11.2. The van der Waals surface area contributed by atoms with Gasteiger partial charge in [0.25, 0.3) is 0 Å². The molecule has 0 aromatic heterocycles. The van der Waals surface area contributed by atoms with Gasteiger partial charge in [0.15, 0.2) is 0 Å². The smallest absolute Gasteiger partial charge is 0.0427 e. The number of rotatable bonds is 0. The molecule has 2 aliphatic carbocycles. The zero-order valence-corrected chi connectivity index (χ0v) is 19.2. The van der Waals surface area contributed by atoms with Gasteiger partial charge in [0.2, 0.25) is 0 Å². The van der Waals surface area contributed by atoms with Crippen molar-refractivity contribution in [3.63, 3.8) is 0 Å². The van der Waals surface area contributed by atoms with Gasteiger partial charge in [-0.2, -0.15) is 23.3 Å². The summed E-state index contributed by atoms with van der Waals surface area (Å²) in [6.45, 7) is 9.01. The van der Waals surface area contributed by atoms with E-state index in [4.69, 9.17) is 0 Å². The van der Waals surface area contributed by atoms with Gasteiger partial charge in [-0.25, -0.2) is 12.2 Å². The molecule has 1 aromatic carbocycles. The number of hydrogen-bond acceptors (Lipinski definition) is 0. The summed E-state index contributed by atoms with van der Waals surface area (Å²) in [6.07, 6.45) is 18.7. The van der Waals surface area contributed by atoms with Crippen molar-refractivity contribution >= 4 is 11.5 Å². The quantitative estimate of drug-likeness (QED) is 0.376. The first-order chi connectivity index (χ1) is 10.0. The molecule has 0 saturated carbocycles. The molecule has 0 aliphatic heterocycles. The van der Waals surface area contributed by atoms with Crippen molar-refractivity contribution < 1.29 is 48.1 Å². The third-order valence-electron chi connectivity index (χ3n) is 2.96. The van der Waals surface area contributed by atoms with Crippen molar-refractivity contribution in [1.82, 2.24) is 0 Å². The van der Waals surface area contributed by atoms with E-state index < -0.39 is 0 Å². The molecule has 0 radical (unpaired) electrons. The van der Waals surface area contributed by atoms with Crippen molar-refractivity contribution in [2.24, 2.45) is 0 Å². The first-order valence-corrected chi connectivity index (χ1v) is 13.5. The van der Waals surface area contributed by atoms with Crippen LogP contribution in [0.5, 0.6) is 0 Å². The molecule has 1 atom stereocenters. The van der Waals surface area contributed by atoms with Crippen LogP contribution in [0.15, 0.2) is 48.6 Å². The summed E-state index contributed by atoms with van der Waals surface area (Å²) in [6, 6.07) is 4.52. The van der Waals surface area contributed by atoms with Crippen molar-refractivity contribution in [2.75, 3.05) is 0 Å². The van der Waals surface area contributed by atoms with Crippen molar-refractivity contribution in [3.05, 3.63) is 71.4 Å². The van der Waals surface area contributed by atoms with Crippen LogP contribution in [-0.4, -0.2) is 5.43 Å². The van der Waals surface area contributed by atoms with E-state index in [0.29, 0.717) is 5.92 Å². The SMILES string of the molecule is C[Si](C)=[Zr+2].Cc1cc2c([cH-]1)C=CC=CC2C.[C-]1=CC=CC1.[Cl-].[Cl-]. The van der Waals surface area contributed by atoms with Crippen LogP contribution in [0.3, 0.4) is 0 Å². The molecule has 2 aliphatic rings. The second-order valence-corrected chi connectivity index (χ2v) is 14.9. The standard InChI is InChI=1S/C12H13.C5H5.C2H6Si.2ClH.Zr/c1-9-7-11-6-4-3-5-10(2)12(11)8-9;1-2-4-5-3-1;1-3-2;;;/h3-8,10H,1-2H3;1-3H,4H2;1-2H3;2*1H;/q2*-1;;;;+2/p-2. The number of halogens is 2. The van der Waals surface area contributed by atoms with Crippen LogP contribution in [-0.2, 0) is 23.3 Å². The molecule has 124 valence electrons.